The van der Waals surface area contributed by atoms with Crippen LogP contribution in [0, 0.1) is 5.92 Å². The molecule has 5 N–H and O–H groups in total. The molecule has 208 valence electrons. The van der Waals surface area contributed by atoms with Gasteiger partial charge in [-0.15, -0.1) is 0 Å². The number of rotatable bonds is 13. The van der Waals surface area contributed by atoms with E-state index < -0.39 is 24.3 Å². The monoisotopic (exact) mass is 525 g/mol. The molecule has 2 aromatic rings. The fourth-order valence-electron chi connectivity index (χ4n) is 4.77. The van der Waals surface area contributed by atoms with Crippen LogP contribution in [0.25, 0.3) is 0 Å². The first-order valence-corrected chi connectivity index (χ1v) is 13.5. The first-order chi connectivity index (χ1) is 18.3. The summed E-state index contributed by atoms with van der Waals surface area (Å²) in [5.74, 6) is 5.82. The smallest absolute Gasteiger partial charge is 0.407 e. The van der Waals surface area contributed by atoms with Crippen LogP contribution in [0.2, 0.25) is 0 Å². The van der Waals surface area contributed by atoms with E-state index in [1.165, 1.54) is 25.6 Å². The van der Waals surface area contributed by atoms with Crippen molar-refractivity contribution in [3.63, 3.8) is 0 Å². The largest absolute Gasteiger partial charge is 0.453 e. The second kappa shape index (κ2) is 14.7. The molecule has 2 unspecified atom stereocenters. The number of alkyl carbamates (subject to hydrolysis) is 1. The third kappa shape index (κ3) is 8.72. The van der Waals surface area contributed by atoms with Crippen molar-refractivity contribution >= 4 is 17.7 Å². The normalized spacial score (nSPS) is 16.5. The summed E-state index contributed by atoms with van der Waals surface area (Å²) in [5.41, 5.74) is 3.24. The number of carbonyl (C=O) groups is 2. The average molecular weight is 526 g/mol. The highest BCUT2D eigenvalue weighted by molar-refractivity contribution is 5.86. The number of benzene rings is 2. The van der Waals surface area contributed by atoms with Gasteiger partial charge in [0.15, 0.2) is 0 Å². The van der Waals surface area contributed by atoms with Gasteiger partial charge in [-0.1, -0.05) is 62.7 Å². The molecule has 2 aromatic carbocycles. The van der Waals surface area contributed by atoms with E-state index in [1.54, 1.807) is 5.01 Å². The molecular weight excluding hydrogens is 482 g/mol. The van der Waals surface area contributed by atoms with E-state index in [-0.39, 0.29) is 18.4 Å². The molecule has 0 aliphatic carbocycles. The summed E-state index contributed by atoms with van der Waals surface area (Å²) in [6, 6.07) is 16.6. The maximum atomic E-state index is 13.3. The van der Waals surface area contributed by atoms with E-state index in [9.17, 15) is 14.7 Å². The molecule has 1 saturated heterocycles. The molecule has 4 atom stereocenters. The van der Waals surface area contributed by atoms with E-state index in [0.717, 1.165) is 24.2 Å². The molecule has 1 aliphatic heterocycles. The van der Waals surface area contributed by atoms with Crippen molar-refractivity contribution in [3.05, 3.63) is 65.7 Å². The minimum Gasteiger partial charge on any atom is -0.453 e. The van der Waals surface area contributed by atoms with Crippen molar-refractivity contribution < 1.29 is 19.4 Å². The van der Waals surface area contributed by atoms with Gasteiger partial charge in [-0.2, -0.15) is 0 Å². The van der Waals surface area contributed by atoms with E-state index in [4.69, 9.17) is 10.6 Å². The van der Waals surface area contributed by atoms with Gasteiger partial charge >= 0.3 is 6.09 Å². The van der Waals surface area contributed by atoms with Crippen LogP contribution in [0.4, 0.5) is 10.5 Å². The van der Waals surface area contributed by atoms with Crippen molar-refractivity contribution in [3.8, 4) is 0 Å². The van der Waals surface area contributed by atoms with Crippen LogP contribution in [0.5, 0.6) is 0 Å². The minimum absolute atomic E-state index is 0.127. The third-order valence-electron chi connectivity index (χ3n) is 7.26. The molecule has 38 heavy (non-hydrogen) atoms. The number of aliphatic hydroxyl groups excluding tert-OH is 1. The summed E-state index contributed by atoms with van der Waals surface area (Å²) < 4.78 is 4.71. The lowest BCUT2D eigenvalue weighted by atomic mass is 9.96. The van der Waals surface area contributed by atoms with Crippen molar-refractivity contribution in [2.24, 2.45) is 11.8 Å². The van der Waals surface area contributed by atoms with Gasteiger partial charge < -0.3 is 25.4 Å². The second-order valence-corrected chi connectivity index (χ2v) is 10.2. The van der Waals surface area contributed by atoms with Crippen molar-refractivity contribution in [1.82, 2.24) is 15.6 Å². The molecule has 0 spiro atoms. The first kappa shape index (κ1) is 29.4. The quantitative estimate of drug-likeness (QED) is 0.234. The number of methoxy groups -OCH3 is 1. The van der Waals surface area contributed by atoms with Gasteiger partial charge in [-0.05, 0) is 48.4 Å². The number of aliphatic hydroxyl groups is 1. The van der Waals surface area contributed by atoms with E-state index in [2.05, 4.69) is 39.8 Å². The van der Waals surface area contributed by atoms with Crippen LogP contribution in [0.3, 0.4) is 0 Å². The van der Waals surface area contributed by atoms with Crippen LogP contribution < -0.4 is 21.4 Å². The zero-order valence-electron chi connectivity index (χ0n) is 22.8. The second-order valence-electron chi connectivity index (χ2n) is 10.2. The van der Waals surface area contributed by atoms with Gasteiger partial charge in [-0.25, -0.2) is 9.80 Å². The number of amides is 2. The minimum atomic E-state index is -0.941. The fourth-order valence-corrected chi connectivity index (χ4v) is 4.77. The summed E-state index contributed by atoms with van der Waals surface area (Å²) >= 11 is 0. The number of hydrazine groups is 1. The van der Waals surface area contributed by atoms with Crippen LogP contribution in [0.15, 0.2) is 54.6 Å². The fraction of sp³-hybridized carbons (Fsp3) is 0.517. The Balaban J connectivity index is 1.66. The number of hydrogen-bond acceptors (Lipinski definition) is 7. The zero-order valence-corrected chi connectivity index (χ0v) is 22.8. The molecule has 9 nitrogen and oxygen atoms in total. The molecule has 0 bridgehead atoms. The zero-order chi connectivity index (χ0) is 27.5. The predicted molar refractivity (Wildman–Crippen MR) is 149 cm³/mol. The number of nitrogens with one attached hydrogen (secondary N) is 2. The highest BCUT2D eigenvalue weighted by Gasteiger charge is 2.31. The topological polar surface area (TPSA) is 120 Å². The Bertz CT molecular complexity index is 998. The molecule has 1 fully saturated rings. The first-order valence-electron chi connectivity index (χ1n) is 13.5. The summed E-state index contributed by atoms with van der Waals surface area (Å²) in [6.07, 6.45) is 1.94. The van der Waals surface area contributed by atoms with Crippen molar-refractivity contribution in [1.29, 1.82) is 0 Å². The van der Waals surface area contributed by atoms with Gasteiger partial charge in [0.1, 0.15) is 6.04 Å². The Morgan fingerprint density at radius 3 is 2.32 bits per heavy atom. The average Bonchev–Trinajstić information content (AvgIpc) is 3.46. The Hall–Kier alpha value is -3.14. The van der Waals surface area contributed by atoms with Gasteiger partial charge in [0.05, 0.1) is 19.3 Å². The summed E-state index contributed by atoms with van der Waals surface area (Å²) in [4.78, 5) is 27.5. The van der Waals surface area contributed by atoms with Gasteiger partial charge in [0.2, 0.25) is 5.91 Å². The Morgan fingerprint density at radius 1 is 1.05 bits per heavy atom. The number of ether oxygens (including phenoxy) is 1. The number of anilines is 1. The van der Waals surface area contributed by atoms with Crippen molar-refractivity contribution in [2.75, 3.05) is 31.6 Å². The molecule has 0 saturated carbocycles. The highest BCUT2D eigenvalue weighted by atomic mass is 16.5. The van der Waals surface area contributed by atoms with Gasteiger partial charge in [0, 0.05) is 31.9 Å². The summed E-state index contributed by atoms with van der Waals surface area (Å²) in [6.45, 7) is 6.64. The molecular formula is C29H43N5O4. The Labute approximate surface area is 226 Å². The molecule has 1 heterocycles. The lowest BCUT2D eigenvalue weighted by Crippen LogP contribution is -2.57. The molecule has 2 amide bonds. The molecule has 3 rings (SSSR count). The predicted octanol–water partition coefficient (Wildman–Crippen LogP) is 2.82. The number of hydrogen-bond donors (Lipinski definition) is 4. The SMILES string of the molecule is CC[C@H](C)[C@H](NC(=O)OC)C(=O)NC(Cc1ccccc1)C(O)CN(N)Cc1ccc(N2CCCC2)cc1. The third-order valence-corrected chi connectivity index (χ3v) is 7.26. The lowest BCUT2D eigenvalue weighted by molar-refractivity contribution is -0.126. The lowest BCUT2D eigenvalue weighted by Gasteiger charge is -2.30. The van der Waals surface area contributed by atoms with Gasteiger partial charge in [-0.3, -0.25) is 10.6 Å². The van der Waals surface area contributed by atoms with Crippen molar-refractivity contribution in [2.45, 2.75) is 64.3 Å². The Kier molecular flexibility index (Phi) is 11.4. The number of nitrogens with zero attached hydrogens (tertiary/aromatic N) is 2. The maximum absolute atomic E-state index is 13.3. The van der Waals surface area contributed by atoms with Gasteiger partial charge in [0.25, 0.3) is 0 Å². The Morgan fingerprint density at radius 2 is 1.71 bits per heavy atom. The standard InChI is InChI=1S/C29H43N5O4/c1-4-21(2)27(32-29(37)38-3)28(36)31-25(18-22-10-6-5-7-11-22)26(35)20-34(30)19-23-12-14-24(15-13-23)33-16-8-9-17-33/h5-7,10-15,21,25-27,35H,4,8-9,16-20,30H2,1-3H3,(H,31,36)(H,32,37)/t21-,25?,26?,27-/m0/s1. The van der Waals surface area contributed by atoms with Crippen LogP contribution >= 0.6 is 0 Å². The van der Waals surface area contributed by atoms with E-state index >= 15 is 0 Å². The molecule has 0 radical (unpaired) electrons. The molecule has 1 aliphatic rings. The van der Waals surface area contributed by atoms with Crippen LogP contribution in [0.1, 0.15) is 44.2 Å². The molecule has 0 aromatic heterocycles. The highest BCUT2D eigenvalue weighted by Crippen LogP contribution is 2.21. The number of carbonyl (C=O) groups excluding carboxylic acids is 2. The number of nitrogens with two attached hydrogens (primary N) is 1. The maximum Gasteiger partial charge on any atom is 0.407 e. The summed E-state index contributed by atoms with van der Waals surface area (Å²) in [5, 5.41) is 18.4. The van der Waals surface area contributed by atoms with Crippen LogP contribution in [-0.4, -0.2) is 67.0 Å². The summed E-state index contributed by atoms with van der Waals surface area (Å²) in [7, 11) is 1.26. The molecule has 9 heteroatoms. The van der Waals surface area contributed by atoms with Crippen LogP contribution in [-0.2, 0) is 22.5 Å². The van der Waals surface area contributed by atoms with E-state index in [1.807, 2.05) is 44.2 Å². The van der Waals surface area contributed by atoms with E-state index in [0.29, 0.717) is 19.4 Å².